The lowest BCUT2D eigenvalue weighted by Crippen LogP contribution is -2.27. The quantitative estimate of drug-likeness (QED) is 0.675. The Morgan fingerprint density at radius 2 is 2.15 bits per heavy atom. The average molecular weight is 387 g/mol. The average Bonchev–Trinajstić information content (AvgIpc) is 3.21. The van der Waals surface area contributed by atoms with Crippen LogP contribution in [0.3, 0.4) is 0 Å². The summed E-state index contributed by atoms with van der Waals surface area (Å²) in [5.74, 6) is -0.811. The van der Waals surface area contributed by atoms with Gasteiger partial charge < -0.3 is 15.0 Å². The number of carbonyl (C=O) groups excluding carboxylic acids is 1. The molecule has 3 aromatic rings. The second-order valence-corrected chi connectivity index (χ2v) is 6.81. The van der Waals surface area contributed by atoms with Crippen LogP contribution in [0, 0.1) is 0 Å². The summed E-state index contributed by atoms with van der Waals surface area (Å²) in [6.07, 6.45) is -0.0727. The molecule has 8 heteroatoms. The number of aromatic nitrogens is 3. The van der Waals surface area contributed by atoms with Crippen molar-refractivity contribution in [3.8, 4) is 17.0 Å². The first-order chi connectivity index (χ1) is 13.0. The number of hydrogen-bond donors (Lipinski definition) is 2. The van der Waals surface area contributed by atoms with E-state index in [0.717, 1.165) is 0 Å². The maximum Gasteiger partial charge on any atom is 0.246 e. The summed E-state index contributed by atoms with van der Waals surface area (Å²) in [7, 11) is 0. The minimum Gasteiger partial charge on any atom is -0.507 e. The van der Waals surface area contributed by atoms with Crippen LogP contribution in [0.25, 0.3) is 22.3 Å². The van der Waals surface area contributed by atoms with Gasteiger partial charge in [0.15, 0.2) is 5.65 Å². The van der Waals surface area contributed by atoms with E-state index in [2.05, 4.69) is 21.8 Å². The van der Waals surface area contributed by atoms with Crippen molar-refractivity contribution in [2.24, 2.45) is 0 Å². The number of para-hydroxylation sites is 1. The van der Waals surface area contributed by atoms with E-state index in [0.29, 0.717) is 33.0 Å². The first kappa shape index (κ1) is 17.5. The number of H-pyrrole nitrogens is 1. The fourth-order valence-corrected chi connectivity index (χ4v) is 3.73. The predicted molar refractivity (Wildman–Crippen MR) is 100 cm³/mol. The van der Waals surface area contributed by atoms with Crippen LogP contribution in [0.1, 0.15) is 11.6 Å². The Bertz CT molecular complexity index is 1050. The molecule has 0 aliphatic carbocycles. The zero-order valence-electron chi connectivity index (χ0n) is 14.2. The van der Waals surface area contributed by atoms with Gasteiger partial charge in [-0.15, -0.1) is 10.2 Å². The SMILES string of the molecule is C=CC(=O)N1CC(c2[nH]c3nnc(-c4ccccc4O)cc3c2Cl)[C@H](F)C1. The van der Waals surface area contributed by atoms with Gasteiger partial charge in [-0.25, -0.2) is 4.39 Å². The smallest absolute Gasteiger partial charge is 0.246 e. The van der Waals surface area contributed by atoms with Crippen LogP contribution in [-0.2, 0) is 4.79 Å². The summed E-state index contributed by atoms with van der Waals surface area (Å²) in [5, 5.41) is 19.2. The molecule has 1 aromatic carbocycles. The van der Waals surface area contributed by atoms with Crippen LogP contribution in [0.5, 0.6) is 5.75 Å². The van der Waals surface area contributed by atoms with E-state index in [4.69, 9.17) is 11.6 Å². The van der Waals surface area contributed by atoms with Gasteiger partial charge in [0.25, 0.3) is 0 Å². The van der Waals surface area contributed by atoms with Crippen LogP contribution < -0.4 is 0 Å². The van der Waals surface area contributed by atoms with Crippen LogP contribution in [0.15, 0.2) is 43.0 Å². The third-order valence-corrected chi connectivity index (χ3v) is 5.21. The van der Waals surface area contributed by atoms with Crippen molar-refractivity contribution in [1.29, 1.82) is 0 Å². The number of rotatable bonds is 3. The molecule has 2 aromatic heterocycles. The summed E-state index contributed by atoms with van der Waals surface area (Å²) < 4.78 is 14.6. The van der Waals surface area contributed by atoms with Gasteiger partial charge in [0.2, 0.25) is 5.91 Å². The van der Waals surface area contributed by atoms with Gasteiger partial charge in [0, 0.05) is 23.2 Å². The van der Waals surface area contributed by atoms with E-state index < -0.39 is 12.1 Å². The van der Waals surface area contributed by atoms with Gasteiger partial charge in [-0.3, -0.25) is 4.79 Å². The number of carbonyl (C=O) groups is 1. The Kier molecular flexibility index (Phi) is 4.31. The first-order valence-electron chi connectivity index (χ1n) is 8.38. The summed E-state index contributed by atoms with van der Waals surface area (Å²) in [6, 6.07) is 8.48. The zero-order valence-corrected chi connectivity index (χ0v) is 14.9. The number of phenolic OH excluding ortho intramolecular Hbond substituents is 1. The second kappa shape index (κ2) is 6.66. The molecular formula is C19H16ClFN4O2. The van der Waals surface area contributed by atoms with Crippen LogP contribution >= 0.6 is 11.6 Å². The van der Waals surface area contributed by atoms with Crippen molar-refractivity contribution in [2.75, 3.05) is 13.1 Å². The van der Waals surface area contributed by atoms with Crippen molar-refractivity contribution in [1.82, 2.24) is 20.1 Å². The Morgan fingerprint density at radius 1 is 1.37 bits per heavy atom. The molecule has 1 unspecified atom stereocenters. The third-order valence-electron chi connectivity index (χ3n) is 4.81. The Morgan fingerprint density at radius 3 is 2.89 bits per heavy atom. The molecule has 0 radical (unpaired) electrons. The summed E-state index contributed by atoms with van der Waals surface area (Å²) in [5.41, 5.74) is 1.90. The van der Waals surface area contributed by atoms with Gasteiger partial charge >= 0.3 is 0 Å². The molecule has 1 saturated heterocycles. The Labute approximate surface area is 159 Å². The number of halogens is 2. The molecule has 2 N–H and O–H groups in total. The number of aromatic hydroxyl groups is 1. The fraction of sp³-hybridized carbons (Fsp3) is 0.211. The monoisotopic (exact) mass is 386 g/mol. The summed E-state index contributed by atoms with van der Waals surface area (Å²) in [4.78, 5) is 16.2. The van der Waals surface area contributed by atoms with Crippen LogP contribution in [0.4, 0.5) is 4.39 Å². The number of benzene rings is 1. The lowest BCUT2D eigenvalue weighted by Gasteiger charge is -2.13. The number of fused-ring (bicyclic) bond motifs is 1. The number of aromatic amines is 1. The molecule has 0 saturated carbocycles. The summed E-state index contributed by atoms with van der Waals surface area (Å²) >= 11 is 6.51. The van der Waals surface area contributed by atoms with E-state index >= 15 is 0 Å². The maximum atomic E-state index is 14.6. The largest absolute Gasteiger partial charge is 0.507 e. The number of phenols is 1. The van der Waals surface area contributed by atoms with E-state index in [1.807, 2.05) is 0 Å². The van der Waals surface area contributed by atoms with Crippen molar-refractivity contribution in [3.63, 3.8) is 0 Å². The van der Waals surface area contributed by atoms with Gasteiger partial charge in [-0.2, -0.15) is 0 Å². The number of hydrogen-bond acceptors (Lipinski definition) is 4. The van der Waals surface area contributed by atoms with Crippen LogP contribution in [0.2, 0.25) is 5.02 Å². The highest BCUT2D eigenvalue weighted by molar-refractivity contribution is 6.36. The number of alkyl halides is 1. The highest BCUT2D eigenvalue weighted by Gasteiger charge is 2.38. The molecule has 1 amide bonds. The number of nitrogens with one attached hydrogen (secondary N) is 1. The molecule has 4 rings (SSSR count). The summed E-state index contributed by atoms with van der Waals surface area (Å²) in [6.45, 7) is 3.64. The molecule has 6 nitrogen and oxygen atoms in total. The highest BCUT2D eigenvalue weighted by atomic mass is 35.5. The normalized spacial score (nSPS) is 19.6. The molecule has 138 valence electrons. The van der Waals surface area contributed by atoms with Crippen molar-refractivity contribution in [3.05, 3.63) is 53.7 Å². The van der Waals surface area contributed by atoms with Crippen LogP contribution in [-0.4, -0.2) is 50.4 Å². The molecule has 1 fully saturated rings. The molecule has 1 aliphatic heterocycles. The molecule has 0 spiro atoms. The Balaban J connectivity index is 1.74. The van der Waals surface area contributed by atoms with Crippen molar-refractivity contribution >= 4 is 28.5 Å². The van der Waals surface area contributed by atoms with Gasteiger partial charge in [-0.05, 0) is 24.3 Å². The molecule has 2 atom stereocenters. The fourth-order valence-electron chi connectivity index (χ4n) is 3.40. The number of amides is 1. The topological polar surface area (TPSA) is 82.1 Å². The molecule has 1 aliphatic rings. The molecule has 3 heterocycles. The van der Waals surface area contributed by atoms with Crippen molar-refractivity contribution < 1.29 is 14.3 Å². The molecular weight excluding hydrogens is 371 g/mol. The van der Waals surface area contributed by atoms with E-state index in [1.165, 1.54) is 11.0 Å². The standard InChI is InChI=1S/C19H16ClFN4O2/c1-2-16(27)25-8-12(13(21)9-25)18-17(20)11-7-14(23-24-19(11)22-18)10-5-3-4-6-15(10)26/h2-7,12-13,26H,1,8-9H2,(H,22,24)/t12?,13-/m1/s1. The predicted octanol–water partition coefficient (Wildman–Crippen LogP) is 3.43. The van der Waals surface area contributed by atoms with E-state index in [-0.39, 0.29) is 24.7 Å². The first-order valence-corrected chi connectivity index (χ1v) is 8.76. The number of nitrogens with zero attached hydrogens (tertiary/aromatic N) is 3. The lowest BCUT2D eigenvalue weighted by molar-refractivity contribution is -0.125. The van der Waals surface area contributed by atoms with Gasteiger partial charge in [0.1, 0.15) is 11.9 Å². The third kappa shape index (κ3) is 2.94. The zero-order chi connectivity index (χ0) is 19.1. The Hall–Kier alpha value is -2.93. The minimum absolute atomic E-state index is 0.00394. The lowest BCUT2D eigenvalue weighted by atomic mass is 10.0. The second-order valence-electron chi connectivity index (χ2n) is 6.43. The molecule has 0 bridgehead atoms. The van der Waals surface area contributed by atoms with Crippen molar-refractivity contribution in [2.45, 2.75) is 12.1 Å². The van der Waals surface area contributed by atoms with Gasteiger partial charge in [-0.1, -0.05) is 30.3 Å². The highest BCUT2D eigenvalue weighted by Crippen LogP contribution is 2.38. The number of likely N-dealkylation sites (tertiary alicyclic amines) is 1. The maximum absolute atomic E-state index is 14.6. The van der Waals surface area contributed by atoms with Gasteiger partial charge in [0.05, 0.1) is 23.2 Å². The van der Waals surface area contributed by atoms with E-state index in [1.54, 1.807) is 30.3 Å². The minimum atomic E-state index is -1.25. The van der Waals surface area contributed by atoms with E-state index in [9.17, 15) is 14.3 Å². The molecule has 27 heavy (non-hydrogen) atoms.